The van der Waals surface area contributed by atoms with Crippen molar-refractivity contribution in [3.63, 3.8) is 0 Å². The molecule has 5 nitrogen and oxygen atoms in total. The molecule has 0 saturated heterocycles. The molecule has 110 valence electrons. The number of benzene rings is 1. The molecule has 0 bridgehead atoms. The van der Waals surface area contributed by atoms with Gasteiger partial charge in [0.1, 0.15) is 5.82 Å². The summed E-state index contributed by atoms with van der Waals surface area (Å²) < 4.78 is 13.5. The van der Waals surface area contributed by atoms with E-state index >= 15 is 0 Å². The van der Waals surface area contributed by atoms with Gasteiger partial charge >= 0.3 is 0 Å². The van der Waals surface area contributed by atoms with E-state index in [0.717, 1.165) is 12.5 Å². The van der Waals surface area contributed by atoms with Gasteiger partial charge in [-0.25, -0.2) is 4.39 Å². The van der Waals surface area contributed by atoms with Gasteiger partial charge in [0.25, 0.3) is 0 Å². The molecular formula is C14H20FN3O2. The molecule has 1 rings (SSSR count). The lowest BCUT2D eigenvalue weighted by atomic mass is 10.0. The maximum Gasteiger partial charge on any atom is 0.248 e. The maximum absolute atomic E-state index is 13.5. The lowest BCUT2D eigenvalue weighted by molar-refractivity contribution is -0.116. The Labute approximate surface area is 117 Å². The Kier molecular flexibility index (Phi) is 6.11. The van der Waals surface area contributed by atoms with E-state index in [4.69, 9.17) is 11.5 Å². The second-order valence-corrected chi connectivity index (χ2v) is 4.83. The lowest BCUT2D eigenvalue weighted by Gasteiger charge is -2.11. The van der Waals surface area contributed by atoms with E-state index in [2.05, 4.69) is 5.32 Å². The summed E-state index contributed by atoms with van der Waals surface area (Å²) in [5.74, 6) is -1.22. The van der Waals surface area contributed by atoms with Crippen LogP contribution in [0.1, 0.15) is 36.5 Å². The summed E-state index contributed by atoms with van der Waals surface area (Å²) in [6, 6.07) is 3.61. The zero-order valence-electron chi connectivity index (χ0n) is 11.5. The van der Waals surface area contributed by atoms with Crippen molar-refractivity contribution in [3.05, 3.63) is 29.6 Å². The van der Waals surface area contributed by atoms with Gasteiger partial charge in [-0.05, 0) is 43.5 Å². The van der Waals surface area contributed by atoms with Gasteiger partial charge in [0.2, 0.25) is 11.8 Å². The fraction of sp³-hybridized carbons (Fsp3) is 0.429. The van der Waals surface area contributed by atoms with Crippen molar-refractivity contribution in [1.29, 1.82) is 0 Å². The molecule has 0 aromatic heterocycles. The minimum Gasteiger partial charge on any atom is -0.366 e. The summed E-state index contributed by atoms with van der Waals surface area (Å²) in [5, 5.41) is 2.45. The summed E-state index contributed by atoms with van der Waals surface area (Å²) in [6.07, 6.45) is 1.81. The number of hydrogen-bond acceptors (Lipinski definition) is 3. The molecular weight excluding hydrogens is 261 g/mol. The van der Waals surface area contributed by atoms with E-state index in [1.165, 1.54) is 12.1 Å². The smallest absolute Gasteiger partial charge is 0.248 e. The Balaban J connectivity index is 2.61. The Morgan fingerprint density at radius 3 is 2.65 bits per heavy atom. The van der Waals surface area contributed by atoms with Crippen molar-refractivity contribution < 1.29 is 14.0 Å². The molecule has 5 N–H and O–H groups in total. The summed E-state index contributed by atoms with van der Waals surface area (Å²) in [7, 11) is 0. The molecule has 0 saturated carbocycles. The third-order valence-electron chi connectivity index (χ3n) is 3.05. The van der Waals surface area contributed by atoms with E-state index < -0.39 is 11.7 Å². The van der Waals surface area contributed by atoms with Crippen LogP contribution in [0.25, 0.3) is 0 Å². The fourth-order valence-electron chi connectivity index (χ4n) is 1.79. The van der Waals surface area contributed by atoms with Gasteiger partial charge in [0.15, 0.2) is 0 Å². The fourth-order valence-corrected chi connectivity index (χ4v) is 1.79. The molecule has 20 heavy (non-hydrogen) atoms. The first-order chi connectivity index (χ1) is 9.43. The van der Waals surface area contributed by atoms with E-state index in [0.29, 0.717) is 18.9 Å². The molecule has 0 fully saturated rings. The Morgan fingerprint density at radius 1 is 1.35 bits per heavy atom. The molecule has 0 aliphatic rings. The standard InChI is InChI=1S/C14H20FN3O2/c1-9(6-7-16)2-5-13(19)18-12-8-10(14(17)20)3-4-11(12)15/h3-4,8-9H,2,5-7,16H2,1H3,(H2,17,20)(H,18,19). The maximum atomic E-state index is 13.5. The first-order valence-corrected chi connectivity index (χ1v) is 6.53. The quantitative estimate of drug-likeness (QED) is 0.708. The topological polar surface area (TPSA) is 98.2 Å². The zero-order valence-corrected chi connectivity index (χ0v) is 11.5. The number of hydrogen-bond donors (Lipinski definition) is 3. The molecule has 0 radical (unpaired) electrons. The highest BCUT2D eigenvalue weighted by Crippen LogP contribution is 2.17. The number of halogens is 1. The highest BCUT2D eigenvalue weighted by molar-refractivity contribution is 5.96. The number of nitrogens with one attached hydrogen (secondary N) is 1. The van der Waals surface area contributed by atoms with Crippen molar-refractivity contribution >= 4 is 17.5 Å². The molecule has 6 heteroatoms. The van der Waals surface area contributed by atoms with E-state index in [-0.39, 0.29) is 23.6 Å². The number of nitrogens with two attached hydrogens (primary N) is 2. The molecule has 1 aromatic carbocycles. The largest absolute Gasteiger partial charge is 0.366 e. The van der Waals surface area contributed by atoms with Crippen LogP contribution in [0, 0.1) is 11.7 Å². The zero-order chi connectivity index (χ0) is 15.1. The van der Waals surface area contributed by atoms with Gasteiger partial charge in [0, 0.05) is 12.0 Å². The summed E-state index contributed by atoms with van der Waals surface area (Å²) in [6.45, 7) is 2.59. The van der Waals surface area contributed by atoms with Crippen molar-refractivity contribution in [3.8, 4) is 0 Å². The number of carbonyl (C=O) groups is 2. The molecule has 0 heterocycles. The van der Waals surface area contributed by atoms with Gasteiger partial charge in [-0.2, -0.15) is 0 Å². The van der Waals surface area contributed by atoms with Crippen molar-refractivity contribution in [1.82, 2.24) is 0 Å². The number of rotatable bonds is 7. The van der Waals surface area contributed by atoms with Crippen molar-refractivity contribution in [2.75, 3.05) is 11.9 Å². The number of primary amides is 1. The monoisotopic (exact) mass is 281 g/mol. The average molecular weight is 281 g/mol. The molecule has 2 amide bonds. The van der Waals surface area contributed by atoms with Crippen LogP contribution in [-0.2, 0) is 4.79 Å². The molecule has 1 atom stereocenters. The van der Waals surface area contributed by atoms with Gasteiger partial charge in [-0.1, -0.05) is 6.92 Å². The number of amides is 2. The van der Waals surface area contributed by atoms with Crippen LogP contribution in [0.5, 0.6) is 0 Å². The molecule has 1 aromatic rings. The Bertz CT molecular complexity index is 491. The minimum absolute atomic E-state index is 0.0298. The van der Waals surface area contributed by atoms with Crippen molar-refractivity contribution in [2.45, 2.75) is 26.2 Å². The molecule has 0 aliphatic carbocycles. The first kappa shape index (κ1) is 16.1. The average Bonchev–Trinajstić information content (AvgIpc) is 2.39. The second-order valence-electron chi connectivity index (χ2n) is 4.83. The Hall–Kier alpha value is -1.95. The van der Waals surface area contributed by atoms with Crippen LogP contribution >= 0.6 is 0 Å². The lowest BCUT2D eigenvalue weighted by Crippen LogP contribution is -2.16. The molecule has 1 unspecified atom stereocenters. The van der Waals surface area contributed by atoms with Crippen LogP contribution in [0.2, 0.25) is 0 Å². The first-order valence-electron chi connectivity index (χ1n) is 6.53. The van der Waals surface area contributed by atoms with Crippen LogP contribution in [-0.4, -0.2) is 18.4 Å². The Morgan fingerprint density at radius 2 is 2.05 bits per heavy atom. The number of anilines is 1. The predicted molar refractivity (Wildman–Crippen MR) is 75.6 cm³/mol. The summed E-state index contributed by atoms with van der Waals surface area (Å²) in [5.41, 5.74) is 10.7. The minimum atomic E-state index is -0.669. The van der Waals surface area contributed by atoms with Crippen LogP contribution in [0.4, 0.5) is 10.1 Å². The summed E-state index contributed by atoms with van der Waals surface area (Å²) in [4.78, 5) is 22.7. The van der Waals surface area contributed by atoms with Gasteiger partial charge in [-0.15, -0.1) is 0 Å². The normalized spacial score (nSPS) is 11.9. The van der Waals surface area contributed by atoms with Gasteiger partial charge in [-0.3, -0.25) is 9.59 Å². The third-order valence-corrected chi connectivity index (χ3v) is 3.05. The summed E-state index contributed by atoms with van der Waals surface area (Å²) >= 11 is 0. The highest BCUT2D eigenvalue weighted by Gasteiger charge is 2.11. The van der Waals surface area contributed by atoms with Crippen LogP contribution < -0.4 is 16.8 Å². The van der Waals surface area contributed by atoms with Gasteiger partial charge < -0.3 is 16.8 Å². The SMILES string of the molecule is CC(CCN)CCC(=O)Nc1cc(C(N)=O)ccc1F. The van der Waals surface area contributed by atoms with E-state index in [1.807, 2.05) is 6.92 Å². The number of carbonyl (C=O) groups excluding carboxylic acids is 2. The van der Waals surface area contributed by atoms with Gasteiger partial charge in [0.05, 0.1) is 5.69 Å². The van der Waals surface area contributed by atoms with E-state index in [9.17, 15) is 14.0 Å². The van der Waals surface area contributed by atoms with Crippen LogP contribution in [0.3, 0.4) is 0 Å². The van der Waals surface area contributed by atoms with E-state index in [1.54, 1.807) is 0 Å². The molecule has 0 spiro atoms. The third kappa shape index (κ3) is 4.97. The predicted octanol–water partition coefficient (Wildman–Crippen LogP) is 1.63. The second kappa shape index (κ2) is 7.59. The highest BCUT2D eigenvalue weighted by atomic mass is 19.1. The van der Waals surface area contributed by atoms with Crippen LogP contribution in [0.15, 0.2) is 18.2 Å². The molecule has 0 aliphatic heterocycles. The van der Waals surface area contributed by atoms with Crippen molar-refractivity contribution in [2.24, 2.45) is 17.4 Å².